The normalized spacial score (nSPS) is 17.3. The highest BCUT2D eigenvalue weighted by Gasteiger charge is 2.21. The van der Waals surface area contributed by atoms with Crippen LogP contribution in [0.5, 0.6) is 0 Å². The number of rotatable bonds is 5. The number of benzene rings is 1. The second-order valence-corrected chi connectivity index (χ2v) is 5.98. The molecule has 0 spiro atoms. The number of halogens is 1. The maximum atomic E-state index is 14.0. The molecule has 1 heterocycles. The van der Waals surface area contributed by atoms with Crippen LogP contribution in [0.25, 0.3) is 0 Å². The van der Waals surface area contributed by atoms with E-state index in [1.54, 1.807) is 12.1 Å². The van der Waals surface area contributed by atoms with Crippen molar-refractivity contribution in [2.45, 2.75) is 20.4 Å². The van der Waals surface area contributed by atoms with Crippen LogP contribution in [0.4, 0.5) is 10.1 Å². The highest BCUT2D eigenvalue weighted by atomic mass is 19.1. The minimum absolute atomic E-state index is 0.404. The molecule has 21 heavy (non-hydrogen) atoms. The van der Waals surface area contributed by atoms with Gasteiger partial charge < -0.3 is 4.90 Å². The lowest BCUT2D eigenvalue weighted by atomic mass is 10.1. The summed E-state index contributed by atoms with van der Waals surface area (Å²) < 4.78 is 14.0. The summed E-state index contributed by atoms with van der Waals surface area (Å²) in [6.07, 6.45) is 0. The van der Waals surface area contributed by atoms with E-state index in [2.05, 4.69) is 23.6 Å². The van der Waals surface area contributed by atoms with Crippen molar-refractivity contribution in [3.63, 3.8) is 0 Å². The molecule has 2 rings (SSSR count). The molecule has 0 bridgehead atoms. The van der Waals surface area contributed by atoms with Gasteiger partial charge in [-0.1, -0.05) is 26.0 Å². The molecule has 0 N–H and O–H groups in total. The summed E-state index contributed by atoms with van der Waals surface area (Å²) in [7, 11) is 0. The van der Waals surface area contributed by atoms with Crippen LogP contribution >= 0.6 is 0 Å². The van der Waals surface area contributed by atoms with Crippen molar-refractivity contribution in [1.29, 1.82) is 0 Å². The van der Waals surface area contributed by atoms with Crippen molar-refractivity contribution in [1.82, 2.24) is 9.80 Å². The second kappa shape index (κ2) is 6.95. The van der Waals surface area contributed by atoms with E-state index in [0.717, 1.165) is 32.7 Å². The Morgan fingerprint density at radius 1 is 1.24 bits per heavy atom. The molecule has 0 saturated carbocycles. The number of nitrogens with zero attached hydrogens (tertiary/aromatic N) is 3. The van der Waals surface area contributed by atoms with E-state index >= 15 is 0 Å². The van der Waals surface area contributed by atoms with E-state index < -0.39 is 16.4 Å². The van der Waals surface area contributed by atoms with Gasteiger partial charge >= 0.3 is 5.69 Å². The lowest BCUT2D eigenvalue weighted by Gasteiger charge is -2.35. The Kier molecular flexibility index (Phi) is 5.25. The van der Waals surface area contributed by atoms with E-state index in [0.29, 0.717) is 18.0 Å². The van der Waals surface area contributed by atoms with Crippen LogP contribution < -0.4 is 0 Å². The summed E-state index contributed by atoms with van der Waals surface area (Å²) in [4.78, 5) is 14.6. The van der Waals surface area contributed by atoms with Gasteiger partial charge in [0.05, 0.1) is 4.92 Å². The van der Waals surface area contributed by atoms with Crippen LogP contribution in [0.2, 0.25) is 0 Å². The predicted octanol–water partition coefficient (Wildman–Crippen LogP) is 2.51. The van der Waals surface area contributed by atoms with Crippen LogP contribution in [-0.4, -0.2) is 47.4 Å². The quantitative estimate of drug-likeness (QED) is 0.618. The van der Waals surface area contributed by atoms with Crippen molar-refractivity contribution in [2.24, 2.45) is 5.92 Å². The SMILES string of the molecule is CC(C)CN1CCN(Cc2cccc([N+](=O)[O-])c2F)CC1. The third kappa shape index (κ3) is 4.22. The molecule has 0 aromatic heterocycles. The Labute approximate surface area is 124 Å². The molecule has 0 radical (unpaired) electrons. The van der Waals surface area contributed by atoms with Crippen molar-refractivity contribution < 1.29 is 9.31 Å². The Morgan fingerprint density at radius 3 is 2.43 bits per heavy atom. The van der Waals surface area contributed by atoms with Gasteiger partial charge in [0.1, 0.15) is 0 Å². The third-order valence-electron chi connectivity index (χ3n) is 3.74. The first-order valence-electron chi connectivity index (χ1n) is 7.34. The zero-order chi connectivity index (χ0) is 15.4. The molecule has 0 amide bonds. The van der Waals surface area contributed by atoms with Crippen molar-refractivity contribution in [3.8, 4) is 0 Å². The monoisotopic (exact) mass is 295 g/mol. The minimum Gasteiger partial charge on any atom is -0.301 e. The standard InChI is InChI=1S/C15H22FN3O2/c1-12(2)10-17-6-8-18(9-7-17)11-13-4-3-5-14(15(13)16)19(20)21/h3-5,12H,6-11H2,1-2H3. The maximum absolute atomic E-state index is 14.0. The molecule has 116 valence electrons. The summed E-state index contributed by atoms with van der Waals surface area (Å²) in [5.74, 6) is -0.0575. The summed E-state index contributed by atoms with van der Waals surface area (Å²) >= 11 is 0. The molecule has 1 aliphatic rings. The lowest BCUT2D eigenvalue weighted by molar-refractivity contribution is -0.387. The maximum Gasteiger partial charge on any atom is 0.305 e. The van der Waals surface area contributed by atoms with Crippen LogP contribution in [0.3, 0.4) is 0 Å². The van der Waals surface area contributed by atoms with Gasteiger partial charge in [0.25, 0.3) is 0 Å². The first-order chi connectivity index (χ1) is 9.97. The molecule has 6 heteroatoms. The average Bonchev–Trinajstić information content (AvgIpc) is 2.42. The van der Waals surface area contributed by atoms with Gasteiger partial charge in [-0.2, -0.15) is 4.39 Å². The topological polar surface area (TPSA) is 49.6 Å². The van der Waals surface area contributed by atoms with Gasteiger partial charge in [0.2, 0.25) is 5.82 Å². The number of hydrogen-bond donors (Lipinski definition) is 0. The molecule has 0 aliphatic carbocycles. The number of nitro benzene ring substituents is 1. The van der Waals surface area contributed by atoms with Crippen molar-refractivity contribution in [2.75, 3.05) is 32.7 Å². The molecular formula is C15H22FN3O2. The smallest absolute Gasteiger partial charge is 0.301 e. The Hall–Kier alpha value is -1.53. The van der Waals surface area contributed by atoms with E-state index in [-0.39, 0.29) is 0 Å². The van der Waals surface area contributed by atoms with Gasteiger partial charge in [-0.15, -0.1) is 0 Å². The van der Waals surface area contributed by atoms with Crippen LogP contribution in [-0.2, 0) is 6.54 Å². The largest absolute Gasteiger partial charge is 0.305 e. The number of piperazine rings is 1. The molecular weight excluding hydrogens is 273 g/mol. The molecule has 1 aliphatic heterocycles. The van der Waals surface area contributed by atoms with E-state index in [4.69, 9.17) is 0 Å². The third-order valence-corrected chi connectivity index (χ3v) is 3.74. The number of nitro groups is 1. The summed E-state index contributed by atoms with van der Waals surface area (Å²) in [5.41, 5.74) is -0.0348. The van der Waals surface area contributed by atoms with Crippen molar-refractivity contribution >= 4 is 5.69 Å². The summed E-state index contributed by atoms with van der Waals surface area (Å²) in [5, 5.41) is 10.8. The highest BCUT2D eigenvalue weighted by molar-refractivity contribution is 5.36. The zero-order valence-electron chi connectivity index (χ0n) is 12.6. The first-order valence-corrected chi connectivity index (χ1v) is 7.34. The molecule has 1 aromatic carbocycles. The summed E-state index contributed by atoms with van der Waals surface area (Å²) in [6, 6.07) is 4.38. The molecule has 1 saturated heterocycles. The van der Waals surface area contributed by atoms with Gasteiger partial charge in [-0.3, -0.25) is 15.0 Å². The fourth-order valence-electron chi connectivity index (χ4n) is 2.72. The molecule has 1 aromatic rings. The minimum atomic E-state index is -0.702. The Balaban J connectivity index is 1.95. The van der Waals surface area contributed by atoms with Gasteiger partial charge in [-0.05, 0) is 5.92 Å². The Bertz CT molecular complexity index is 500. The van der Waals surface area contributed by atoms with E-state index in [9.17, 15) is 14.5 Å². The lowest BCUT2D eigenvalue weighted by Crippen LogP contribution is -2.46. The van der Waals surface area contributed by atoms with Gasteiger partial charge in [-0.25, -0.2) is 0 Å². The van der Waals surface area contributed by atoms with Crippen LogP contribution in [0.15, 0.2) is 18.2 Å². The molecule has 5 nitrogen and oxygen atoms in total. The van der Waals surface area contributed by atoms with Crippen LogP contribution in [0.1, 0.15) is 19.4 Å². The van der Waals surface area contributed by atoms with Gasteiger partial charge in [0, 0.05) is 50.9 Å². The van der Waals surface area contributed by atoms with Crippen LogP contribution in [0, 0.1) is 21.8 Å². The zero-order valence-corrected chi connectivity index (χ0v) is 12.6. The molecule has 0 atom stereocenters. The fraction of sp³-hybridized carbons (Fsp3) is 0.600. The summed E-state index contributed by atoms with van der Waals surface area (Å²) in [6.45, 7) is 9.59. The number of hydrogen-bond acceptors (Lipinski definition) is 4. The Morgan fingerprint density at radius 2 is 1.86 bits per heavy atom. The average molecular weight is 295 g/mol. The predicted molar refractivity (Wildman–Crippen MR) is 79.6 cm³/mol. The molecule has 0 unspecified atom stereocenters. The molecule has 1 fully saturated rings. The first kappa shape index (κ1) is 15.9. The highest BCUT2D eigenvalue weighted by Crippen LogP contribution is 2.21. The van der Waals surface area contributed by atoms with E-state index in [1.807, 2.05) is 0 Å². The fourth-order valence-corrected chi connectivity index (χ4v) is 2.72. The van der Waals surface area contributed by atoms with Gasteiger partial charge in [0.15, 0.2) is 0 Å². The second-order valence-electron chi connectivity index (χ2n) is 5.98. The van der Waals surface area contributed by atoms with E-state index in [1.165, 1.54) is 6.07 Å². The van der Waals surface area contributed by atoms with Crippen molar-refractivity contribution in [3.05, 3.63) is 39.7 Å².